The second-order valence-electron chi connectivity index (χ2n) is 5.80. The summed E-state index contributed by atoms with van der Waals surface area (Å²) in [5, 5.41) is 13.3. The molecule has 0 heterocycles. The van der Waals surface area contributed by atoms with Crippen LogP contribution in [0.1, 0.15) is 44.2 Å². The molecule has 4 nitrogen and oxygen atoms in total. The van der Waals surface area contributed by atoms with Gasteiger partial charge in [-0.3, -0.25) is 0 Å². The van der Waals surface area contributed by atoms with Gasteiger partial charge in [0.05, 0.1) is 25.9 Å². The lowest BCUT2D eigenvalue weighted by Gasteiger charge is -2.19. The number of aliphatic hydroxyl groups is 1. The Balaban J connectivity index is 1.70. The maximum absolute atomic E-state index is 9.99. The van der Waals surface area contributed by atoms with Crippen molar-refractivity contribution in [3.63, 3.8) is 0 Å². The molecule has 1 saturated carbocycles. The van der Waals surface area contributed by atoms with Gasteiger partial charge in [0.25, 0.3) is 0 Å². The van der Waals surface area contributed by atoms with Crippen LogP contribution in [0.15, 0.2) is 24.3 Å². The molecule has 0 amide bonds. The first-order chi connectivity index (χ1) is 10.2. The molecule has 1 unspecified atom stereocenters. The van der Waals surface area contributed by atoms with Gasteiger partial charge in [-0.05, 0) is 37.5 Å². The van der Waals surface area contributed by atoms with E-state index < -0.39 is 6.10 Å². The highest BCUT2D eigenvalue weighted by atomic mass is 16.5. The van der Waals surface area contributed by atoms with Gasteiger partial charge in [0.1, 0.15) is 5.75 Å². The number of rotatable bonds is 8. The zero-order valence-electron chi connectivity index (χ0n) is 13.0. The van der Waals surface area contributed by atoms with Gasteiger partial charge < -0.3 is 19.9 Å². The summed E-state index contributed by atoms with van der Waals surface area (Å²) in [6.45, 7) is 3.03. The molecule has 21 heavy (non-hydrogen) atoms. The third-order valence-electron chi connectivity index (χ3n) is 4.08. The van der Waals surface area contributed by atoms with Crippen molar-refractivity contribution < 1.29 is 14.6 Å². The average Bonchev–Trinajstić information content (AvgIpc) is 3.04. The van der Waals surface area contributed by atoms with E-state index in [9.17, 15) is 5.11 Å². The standard InChI is InChI=1S/C17H27NO3/c1-13(14-6-5-9-17(10-14)20-2)18-11-15(19)12-21-16-7-3-4-8-16/h5-6,9-10,13,15-16,18-19H,3-4,7-8,11-12H2,1-2H3/t13-,15?/m1/s1. The Bertz CT molecular complexity index is 418. The van der Waals surface area contributed by atoms with Gasteiger partial charge in [-0.15, -0.1) is 0 Å². The Labute approximate surface area is 127 Å². The first-order valence-electron chi connectivity index (χ1n) is 7.86. The summed E-state index contributed by atoms with van der Waals surface area (Å²) in [6.07, 6.45) is 4.69. The fourth-order valence-electron chi connectivity index (χ4n) is 2.70. The molecular weight excluding hydrogens is 266 g/mol. The third kappa shape index (κ3) is 5.30. The smallest absolute Gasteiger partial charge is 0.119 e. The molecule has 2 atom stereocenters. The number of ether oxygens (including phenoxy) is 2. The molecule has 1 fully saturated rings. The van der Waals surface area contributed by atoms with Gasteiger partial charge in [0.2, 0.25) is 0 Å². The minimum Gasteiger partial charge on any atom is -0.497 e. The van der Waals surface area contributed by atoms with Crippen LogP contribution in [0.3, 0.4) is 0 Å². The number of aliphatic hydroxyl groups excluding tert-OH is 1. The van der Waals surface area contributed by atoms with E-state index in [0.29, 0.717) is 19.3 Å². The number of hydrogen-bond acceptors (Lipinski definition) is 4. The minimum atomic E-state index is -0.460. The van der Waals surface area contributed by atoms with Gasteiger partial charge in [-0.1, -0.05) is 25.0 Å². The number of hydrogen-bond donors (Lipinski definition) is 2. The topological polar surface area (TPSA) is 50.7 Å². The predicted molar refractivity (Wildman–Crippen MR) is 83.6 cm³/mol. The van der Waals surface area contributed by atoms with E-state index in [0.717, 1.165) is 24.2 Å². The summed E-state index contributed by atoms with van der Waals surface area (Å²) in [5.41, 5.74) is 1.15. The SMILES string of the molecule is COc1cccc([C@@H](C)NCC(O)COC2CCCC2)c1. The largest absolute Gasteiger partial charge is 0.497 e. The Morgan fingerprint density at radius 1 is 1.33 bits per heavy atom. The van der Waals surface area contributed by atoms with Crippen molar-refractivity contribution in [3.8, 4) is 5.75 Å². The highest BCUT2D eigenvalue weighted by Gasteiger charge is 2.17. The molecule has 0 radical (unpaired) electrons. The summed E-state index contributed by atoms with van der Waals surface area (Å²) in [6, 6.07) is 8.15. The molecule has 0 saturated heterocycles. The second kappa shape index (κ2) is 8.37. The van der Waals surface area contributed by atoms with Gasteiger partial charge >= 0.3 is 0 Å². The van der Waals surface area contributed by atoms with E-state index in [4.69, 9.17) is 9.47 Å². The molecule has 4 heteroatoms. The van der Waals surface area contributed by atoms with Crippen molar-refractivity contribution in [2.24, 2.45) is 0 Å². The molecule has 0 aliphatic heterocycles. The van der Waals surface area contributed by atoms with Gasteiger partial charge in [-0.2, -0.15) is 0 Å². The monoisotopic (exact) mass is 293 g/mol. The second-order valence-corrected chi connectivity index (χ2v) is 5.80. The van der Waals surface area contributed by atoms with E-state index in [2.05, 4.69) is 18.3 Å². The van der Waals surface area contributed by atoms with E-state index >= 15 is 0 Å². The zero-order valence-corrected chi connectivity index (χ0v) is 13.0. The van der Waals surface area contributed by atoms with Crippen LogP contribution in [-0.2, 0) is 4.74 Å². The predicted octanol–water partition coefficient (Wildman–Crippen LogP) is 2.67. The molecule has 1 aromatic carbocycles. The fourth-order valence-corrected chi connectivity index (χ4v) is 2.70. The molecule has 118 valence electrons. The quantitative estimate of drug-likeness (QED) is 0.774. The van der Waals surface area contributed by atoms with Crippen molar-refractivity contribution in [2.75, 3.05) is 20.3 Å². The van der Waals surface area contributed by atoms with Crippen molar-refractivity contribution in [1.82, 2.24) is 5.32 Å². The maximum atomic E-state index is 9.99. The average molecular weight is 293 g/mol. The summed E-state index contributed by atoms with van der Waals surface area (Å²) in [5.74, 6) is 0.853. The molecule has 1 aliphatic rings. The molecule has 0 spiro atoms. The fraction of sp³-hybridized carbons (Fsp3) is 0.647. The Morgan fingerprint density at radius 3 is 2.81 bits per heavy atom. The lowest BCUT2D eigenvalue weighted by atomic mass is 10.1. The van der Waals surface area contributed by atoms with E-state index in [1.807, 2.05) is 18.2 Å². The van der Waals surface area contributed by atoms with Crippen LogP contribution in [0.4, 0.5) is 0 Å². The first-order valence-corrected chi connectivity index (χ1v) is 7.86. The Kier molecular flexibility index (Phi) is 6.49. The minimum absolute atomic E-state index is 0.168. The molecule has 1 aromatic rings. The van der Waals surface area contributed by atoms with Gasteiger partial charge in [0.15, 0.2) is 0 Å². The number of methoxy groups -OCH3 is 1. The summed E-state index contributed by atoms with van der Waals surface area (Å²) < 4.78 is 11.0. The van der Waals surface area contributed by atoms with Crippen LogP contribution >= 0.6 is 0 Å². The van der Waals surface area contributed by atoms with Crippen LogP contribution in [-0.4, -0.2) is 37.6 Å². The third-order valence-corrected chi connectivity index (χ3v) is 4.08. The first kappa shape index (κ1) is 16.3. The molecular formula is C17H27NO3. The van der Waals surface area contributed by atoms with Crippen LogP contribution in [0.25, 0.3) is 0 Å². The molecule has 2 N–H and O–H groups in total. The highest BCUT2D eigenvalue weighted by molar-refractivity contribution is 5.30. The summed E-state index contributed by atoms with van der Waals surface area (Å²) in [4.78, 5) is 0. The molecule has 2 rings (SSSR count). The van der Waals surface area contributed by atoms with E-state index in [1.165, 1.54) is 12.8 Å². The number of nitrogens with one attached hydrogen (secondary N) is 1. The van der Waals surface area contributed by atoms with Crippen LogP contribution in [0.2, 0.25) is 0 Å². The molecule has 0 bridgehead atoms. The van der Waals surface area contributed by atoms with Crippen LogP contribution in [0.5, 0.6) is 5.75 Å². The van der Waals surface area contributed by atoms with E-state index in [1.54, 1.807) is 7.11 Å². The molecule has 1 aliphatic carbocycles. The van der Waals surface area contributed by atoms with Crippen LogP contribution in [0, 0.1) is 0 Å². The Hall–Kier alpha value is -1.10. The maximum Gasteiger partial charge on any atom is 0.119 e. The molecule has 0 aromatic heterocycles. The van der Waals surface area contributed by atoms with Crippen molar-refractivity contribution in [2.45, 2.75) is 50.9 Å². The lowest BCUT2D eigenvalue weighted by Crippen LogP contribution is -2.33. The Morgan fingerprint density at radius 2 is 2.10 bits per heavy atom. The van der Waals surface area contributed by atoms with Crippen molar-refractivity contribution in [1.29, 1.82) is 0 Å². The van der Waals surface area contributed by atoms with Crippen LogP contribution < -0.4 is 10.1 Å². The number of benzene rings is 1. The summed E-state index contributed by atoms with van der Waals surface area (Å²) >= 11 is 0. The summed E-state index contributed by atoms with van der Waals surface area (Å²) in [7, 11) is 1.67. The zero-order chi connectivity index (χ0) is 15.1. The van der Waals surface area contributed by atoms with Crippen molar-refractivity contribution in [3.05, 3.63) is 29.8 Å². The highest BCUT2D eigenvalue weighted by Crippen LogP contribution is 2.21. The van der Waals surface area contributed by atoms with Crippen molar-refractivity contribution >= 4 is 0 Å². The lowest BCUT2D eigenvalue weighted by molar-refractivity contribution is -0.00610. The van der Waals surface area contributed by atoms with Gasteiger partial charge in [0, 0.05) is 12.6 Å². The normalized spacial score (nSPS) is 18.6. The van der Waals surface area contributed by atoms with Gasteiger partial charge in [-0.25, -0.2) is 0 Å². The van der Waals surface area contributed by atoms with E-state index in [-0.39, 0.29) is 6.04 Å².